The number of quaternary nitrogens is 1. The van der Waals surface area contributed by atoms with Crippen molar-refractivity contribution in [3.05, 3.63) is 53.1 Å². The molecule has 0 bridgehead atoms. The van der Waals surface area contributed by atoms with Crippen LogP contribution in [0.15, 0.2) is 42.5 Å². The number of aliphatic hydroxyl groups is 1. The second-order valence-electron chi connectivity index (χ2n) is 7.54. The van der Waals surface area contributed by atoms with Crippen molar-refractivity contribution in [2.75, 3.05) is 49.5 Å². The predicted octanol–water partition coefficient (Wildman–Crippen LogP) is 1.75. The van der Waals surface area contributed by atoms with Crippen molar-refractivity contribution in [1.29, 1.82) is 0 Å². The number of halogens is 1. The zero-order valence-corrected chi connectivity index (χ0v) is 17.7. The van der Waals surface area contributed by atoms with Crippen molar-refractivity contribution in [3.63, 3.8) is 0 Å². The first-order valence-corrected chi connectivity index (χ1v) is 10.3. The molecule has 1 heterocycles. The van der Waals surface area contributed by atoms with Crippen LogP contribution in [0, 0.1) is 6.92 Å². The molecule has 29 heavy (non-hydrogen) atoms. The summed E-state index contributed by atoms with van der Waals surface area (Å²) in [6.45, 7) is 8.30. The van der Waals surface area contributed by atoms with Crippen LogP contribution >= 0.6 is 11.6 Å². The highest BCUT2D eigenvalue weighted by molar-refractivity contribution is 6.30. The van der Waals surface area contributed by atoms with Crippen molar-refractivity contribution in [2.24, 2.45) is 0 Å². The molecule has 0 radical (unpaired) electrons. The van der Waals surface area contributed by atoms with Crippen LogP contribution in [0.2, 0.25) is 5.02 Å². The molecule has 1 aliphatic rings. The van der Waals surface area contributed by atoms with Crippen LogP contribution in [-0.4, -0.2) is 56.4 Å². The number of benzene rings is 2. The quantitative estimate of drug-likeness (QED) is 0.641. The summed E-state index contributed by atoms with van der Waals surface area (Å²) < 4.78 is 5.69. The number of hydrogen-bond acceptors (Lipinski definition) is 4. The number of carbonyl (C=O) groups excluding carboxylic acids is 1. The molecule has 7 heteroatoms. The fourth-order valence-electron chi connectivity index (χ4n) is 3.61. The normalized spacial score (nSPS) is 15.8. The molecule has 0 unspecified atom stereocenters. The van der Waals surface area contributed by atoms with E-state index in [-0.39, 0.29) is 12.5 Å². The molecule has 0 spiro atoms. The Morgan fingerprint density at radius 1 is 1.24 bits per heavy atom. The van der Waals surface area contributed by atoms with Gasteiger partial charge in [-0.25, -0.2) is 0 Å². The number of nitrogens with zero attached hydrogens (tertiary/aromatic N) is 1. The Bertz CT molecular complexity index is 821. The number of amides is 1. The molecule has 2 aromatic rings. The summed E-state index contributed by atoms with van der Waals surface area (Å²) in [7, 11) is 0. The highest BCUT2D eigenvalue weighted by Crippen LogP contribution is 2.24. The monoisotopic (exact) mass is 418 g/mol. The van der Waals surface area contributed by atoms with Gasteiger partial charge in [0.2, 0.25) is 5.91 Å². The molecule has 0 aromatic heterocycles. The molecule has 1 amide bonds. The molecular formula is C22H29ClN3O3+. The van der Waals surface area contributed by atoms with Crippen LogP contribution in [0.5, 0.6) is 5.75 Å². The van der Waals surface area contributed by atoms with E-state index in [0.717, 1.165) is 36.9 Å². The van der Waals surface area contributed by atoms with E-state index in [1.54, 1.807) is 24.3 Å². The lowest BCUT2D eigenvalue weighted by Gasteiger charge is -2.35. The van der Waals surface area contributed by atoms with E-state index < -0.39 is 6.10 Å². The zero-order chi connectivity index (χ0) is 20.8. The number of ether oxygens (including phenoxy) is 1. The number of carbonyl (C=O) groups is 1. The molecule has 6 nitrogen and oxygen atoms in total. The summed E-state index contributed by atoms with van der Waals surface area (Å²) in [5.41, 5.74) is 3.15. The third-order valence-corrected chi connectivity index (χ3v) is 5.36. The van der Waals surface area contributed by atoms with E-state index in [1.165, 1.54) is 23.1 Å². The van der Waals surface area contributed by atoms with Gasteiger partial charge in [-0.05, 0) is 48.9 Å². The van der Waals surface area contributed by atoms with Crippen LogP contribution in [0.3, 0.4) is 0 Å². The summed E-state index contributed by atoms with van der Waals surface area (Å²) in [6, 6.07) is 13.2. The molecule has 156 valence electrons. The maximum absolute atomic E-state index is 11.0. The van der Waals surface area contributed by atoms with Gasteiger partial charge < -0.3 is 25.0 Å². The smallest absolute Gasteiger partial charge is 0.221 e. The third kappa shape index (κ3) is 6.35. The molecule has 1 saturated heterocycles. The first-order chi connectivity index (χ1) is 13.9. The standard InChI is InChI=1S/C22H28ClN3O3/c1-16-3-4-18(23)13-22(16)26-11-9-25(10-12-26)14-20(28)15-29-21-7-5-19(6-8-21)24-17(2)27/h3-8,13,20,28H,9-12,14-15H2,1-2H3,(H,24,27)/p+1/t20-/m1/s1. The average Bonchev–Trinajstić information content (AvgIpc) is 2.69. The minimum Gasteiger partial charge on any atom is -0.491 e. The van der Waals surface area contributed by atoms with E-state index in [9.17, 15) is 9.90 Å². The van der Waals surface area contributed by atoms with Gasteiger partial charge in [0.1, 0.15) is 25.0 Å². The lowest BCUT2D eigenvalue weighted by atomic mass is 10.1. The molecule has 0 aliphatic carbocycles. The Kier molecular flexibility index (Phi) is 7.36. The Morgan fingerprint density at radius 3 is 2.59 bits per heavy atom. The highest BCUT2D eigenvalue weighted by Gasteiger charge is 2.23. The fraction of sp³-hybridized carbons (Fsp3) is 0.409. The van der Waals surface area contributed by atoms with Gasteiger partial charge in [-0.15, -0.1) is 0 Å². The van der Waals surface area contributed by atoms with Crippen molar-refractivity contribution < 1.29 is 19.5 Å². The Hall–Kier alpha value is -2.28. The number of hydrogen-bond donors (Lipinski definition) is 3. The van der Waals surface area contributed by atoms with Gasteiger partial charge in [0.15, 0.2) is 0 Å². The molecule has 1 aliphatic heterocycles. The molecule has 1 atom stereocenters. The van der Waals surface area contributed by atoms with Crippen molar-refractivity contribution in [3.8, 4) is 5.75 Å². The van der Waals surface area contributed by atoms with Gasteiger partial charge in [0.05, 0.1) is 26.2 Å². The lowest BCUT2D eigenvalue weighted by Crippen LogP contribution is -3.16. The van der Waals surface area contributed by atoms with Crippen molar-refractivity contribution >= 4 is 28.9 Å². The van der Waals surface area contributed by atoms with Crippen LogP contribution in [0.25, 0.3) is 0 Å². The van der Waals surface area contributed by atoms with Gasteiger partial charge in [-0.1, -0.05) is 17.7 Å². The zero-order valence-electron chi connectivity index (χ0n) is 17.0. The first-order valence-electron chi connectivity index (χ1n) is 9.94. The van der Waals surface area contributed by atoms with E-state index in [2.05, 4.69) is 23.2 Å². The maximum Gasteiger partial charge on any atom is 0.221 e. The van der Waals surface area contributed by atoms with Crippen LogP contribution in [-0.2, 0) is 4.79 Å². The van der Waals surface area contributed by atoms with Gasteiger partial charge in [0, 0.05) is 23.3 Å². The highest BCUT2D eigenvalue weighted by atomic mass is 35.5. The largest absolute Gasteiger partial charge is 0.491 e. The molecule has 1 fully saturated rings. The Labute approximate surface area is 177 Å². The van der Waals surface area contributed by atoms with Crippen LogP contribution in [0.4, 0.5) is 11.4 Å². The number of aryl methyl sites for hydroxylation is 1. The number of rotatable bonds is 7. The fourth-order valence-corrected chi connectivity index (χ4v) is 3.78. The minimum absolute atomic E-state index is 0.109. The Morgan fingerprint density at radius 2 is 1.93 bits per heavy atom. The van der Waals surface area contributed by atoms with Crippen LogP contribution < -0.4 is 19.9 Å². The SMILES string of the molecule is CC(=O)Nc1ccc(OC[C@H](O)C[NH+]2CCN(c3cc(Cl)ccc3C)CC2)cc1. The second-order valence-corrected chi connectivity index (χ2v) is 7.98. The molecule has 0 saturated carbocycles. The molecule has 3 rings (SSSR count). The summed E-state index contributed by atoms with van der Waals surface area (Å²) in [4.78, 5) is 14.8. The van der Waals surface area contributed by atoms with E-state index in [4.69, 9.17) is 16.3 Å². The second kappa shape index (κ2) is 9.96. The minimum atomic E-state index is -0.528. The maximum atomic E-state index is 11.0. The van der Waals surface area contributed by atoms with Crippen molar-refractivity contribution in [2.45, 2.75) is 20.0 Å². The first kappa shape index (κ1) is 21.4. The summed E-state index contributed by atoms with van der Waals surface area (Å²) in [6.07, 6.45) is -0.528. The topological polar surface area (TPSA) is 66.2 Å². The van der Waals surface area contributed by atoms with Crippen molar-refractivity contribution in [1.82, 2.24) is 0 Å². The average molecular weight is 419 g/mol. The summed E-state index contributed by atoms with van der Waals surface area (Å²) >= 11 is 6.15. The van der Waals surface area contributed by atoms with E-state index in [0.29, 0.717) is 12.3 Å². The number of anilines is 2. The van der Waals surface area contributed by atoms with Gasteiger partial charge in [-0.2, -0.15) is 0 Å². The Balaban J connectivity index is 1.42. The van der Waals surface area contributed by atoms with Crippen LogP contribution in [0.1, 0.15) is 12.5 Å². The molecule has 3 N–H and O–H groups in total. The van der Waals surface area contributed by atoms with E-state index >= 15 is 0 Å². The number of nitrogens with one attached hydrogen (secondary N) is 2. The predicted molar refractivity (Wildman–Crippen MR) is 116 cm³/mol. The van der Waals surface area contributed by atoms with Gasteiger partial charge in [-0.3, -0.25) is 4.79 Å². The lowest BCUT2D eigenvalue weighted by molar-refractivity contribution is -0.903. The summed E-state index contributed by atoms with van der Waals surface area (Å²) in [5.74, 6) is 0.567. The van der Waals surface area contributed by atoms with Gasteiger partial charge >= 0.3 is 0 Å². The third-order valence-electron chi connectivity index (χ3n) is 5.12. The van der Waals surface area contributed by atoms with Gasteiger partial charge in [0.25, 0.3) is 0 Å². The summed E-state index contributed by atoms with van der Waals surface area (Å²) in [5, 5.41) is 13.8. The number of aliphatic hydroxyl groups excluding tert-OH is 1. The number of piperazine rings is 1. The molecule has 2 aromatic carbocycles. The van der Waals surface area contributed by atoms with E-state index in [1.807, 2.05) is 12.1 Å². The molecular weight excluding hydrogens is 390 g/mol.